The van der Waals surface area contributed by atoms with E-state index in [4.69, 9.17) is 21.1 Å². The minimum absolute atomic E-state index is 0.153. The van der Waals surface area contributed by atoms with Gasteiger partial charge in [-0.2, -0.15) is 0 Å². The summed E-state index contributed by atoms with van der Waals surface area (Å²) in [5.74, 6) is -1.88. The summed E-state index contributed by atoms with van der Waals surface area (Å²) < 4.78 is 10.7. The summed E-state index contributed by atoms with van der Waals surface area (Å²) in [4.78, 5) is 50.9. The van der Waals surface area contributed by atoms with E-state index >= 15 is 0 Å². The highest BCUT2D eigenvalue weighted by Crippen LogP contribution is 2.30. The lowest BCUT2D eigenvalue weighted by Gasteiger charge is -2.26. The molecule has 0 spiro atoms. The van der Waals surface area contributed by atoms with Gasteiger partial charge in [0, 0.05) is 11.1 Å². The molecule has 1 aliphatic rings. The molecule has 8 nitrogen and oxygen atoms in total. The summed E-state index contributed by atoms with van der Waals surface area (Å²) in [7, 11) is 1.39. The molecule has 0 radical (unpaired) electrons. The van der Waals surface area contributed by atoms with Gasteiger partial charge in [0.1, 0.15) is 5.57 Å². The van der Waals surface area contributed by atoms with Gasteiger partial charge in [0.2, 0.25) is 0 Å². The molecular weight excluding hydrogens is 484 g/mol. The number of esters is 1. The van der Waals surface area contributed by atoms with E-state index in [9.17, 15) is 19.2 Å². The number of halogens is 1. The van der Waals surface area contributed by atoms with E-state index in [1.165, 1.54) is 55.7 Å². The zero-order chi connectivity index (χ0) is 25.7. The molecule has 3 aromatic rings. The van der Waals surface area contributed by atoms with Crippen LogP contribution >= 0.6 is 11.6 Å². The second-order valence-electron chi connectivity index (χ2n) is 7.51. The van der Waals surface area contributed by atoms with Gasteiger partial charge in [-0.25, -0.2) is 14.5 Å². The zero-order valence-corrected chi connectivity index (χ0v) is 19.7. The third kappa shape index (κ3) is 5.51. The van der Waals surface area contributed by atoms with E-state index in [0.717, 1.165) is 10.5 Å². The van der Waals surface area contributed by atoms with Crippen LogP contribution < -0.4 is 19.7 Å². The summed E-state index contributed by atoms with van der Waals surface area (Å²) in [6, 6.07) is 18.9. The number of hydrogen-bond donors (Lipinski definition) is 1. The first-order valence-corrected chi connectivity index (χ1v) is 11.0. The average Bonchev–Trinajstić information content (AvgIpc) is 2.87. The molecule has 3 aromatic carbocycles. The van der Waals surface area contributed by atoms with Gasteiger partial charge >= 0.3 is 12.0 Å². The Morgan fingerprint density at radius 1 is 0.917 bits per heavy atom. The molecule has 180 valence electrons. The molecule has 1 heterocycles. The number of benzene rings is 3. The average molecular weight is 503 g/mol. The Balaban J connectivity index is 1.56. The number of ether oxygens (including phenoxy) is 2. The highest BCUT2D eigenvalue weighted by molar-refractivity contribution is 6.39. The minimum Gasteiger partial charge on any atom is -0.493 e. The molecule has 0 unspecified atom stereocenters. The van der Waals surface area contributed by atoms with Gasteiger partial charge in [-0.3, -0.25) is 14.9 Å². The van der Waals surface area contributed by atoms with Crippen LogP contribution in [0.15, 0.2) is 84.4 Å². The van der Waals surface area contributed by atoms with Crippen LogP contribution in [0.2, 0.25) is 5.02 Å². The number of anilines is 1. The normalized spacial score (nSPS) is 14.8. The molecular formula is C27H19ClN2O6. The fraction of sp³-hybridized carbons (Fsp3) is 0.0370. The second-order valence-corrected chi connectivity index (χ2v) is 7.95. The topological polar surface area (TPSA) is 102 Å². The first-order valence-electron chi connectivity index (χ1n) is 10.7. The van der Waals surface area contributed by atoms with Crippen molar-refractivity contribution in [3.8, 4) is 11.5 Å². The number of imide groups is 2. The number of amides is 4. The van der Waals surface area contributed by atoms with Crippen LogP contribution in [-0.2, 0) is 14.4 Å². The summed E-state index contributed by atoms with van der Waals surface area (Å²) in [6.07, 6.45) is 4.23. The molecule has 4 amide bonds. The van der Waals surface area contributed by atoms with Crippen molar-refractivity contribution in [1.82, 2.24) is 5.32 Å². The number of carbonyl (C=O) groups excluding carboxylic acids is 4. The predicted molar refractivity (Wildman–Crippen MR) is 135 cm³/mol. The van der Waals surface area contributed by atoms with E-state index in [1.54, 1.807) is 12.1 Å². The van der Waals surface area contributed by atoms with Crippen LogP contribution in [0.25, 0.3) is 12.2 Å². The fourth-order valence-electron chi connectivity index (χ4n) is 3.38. The van der Waals surface area contributed by atoms with Gasteiger partial charge in [0.05, 0.1) is 12.8 Å². The van der Waals surface area contributed by atoms with Crippen molar-refractivity contribution >= 4 is 53.3 Å². The molecule has 0 bridgehead atoms. The predicted octanol–water partition coefficient (Wildman–Crippen LogP) is 4.63. The third-order valence-corrected chi connectivity index (χ3v) is 5.36. The minimum atomic E-state index is -0.868. The van der Waals surface area contributed by atoms with Crippen molar-refractivity contribution in [2.75, 3.05) is 12.0 Å². The lowest BCUT2D eigenvalue weighted by atomic mass is 10.1. The number of methoxy groups -OCH3 is 1. The maximum atomic E-state index is 13.0. The highest BCUT2D eigenvalue weighted by Gasteiger charge is 2.36. The Hall–Kier alpha value is -4.69. The van der Waals surface area contributed by atoms with E-state index in [0.29, 0.717) is 10.6 Å². The van der Waals surface area contributed by atoms with E-state index in [-0.39, 0.29) is 22.8 Å². The van der Waals surface area contributed by atoms with Gasteiger partial charge in [0.25, 0.3) is 11.8 Å². The maximum absolute atomic E-state index is 13.0. The Morgan fingerprint density at radius 2 is 1.64 bits per heavy atom. The van der Waals surface area contributed by atoms with E-state index in [2.05, 4.69) is 5.32 Å². The van der Waals surface area contributed by atoms with Gasteiger partial charge in [-0.05, 0) is 59.7 Å². The monoisotopic (exact) mass is 502 g/mol. The van der Waals surface area contributed by atoms with Crippen molar-refractivity contribution in [3.05, 3.63) is 101 Å². The van der Waals surface area contributed by atoms with Crippen LogP contribution in [0.1, 0.15) is 11.1 Å². The molecule has 0 saturated carbocycles. The summed E-state index contributed by atoms with van der Waals surface area (Å²) in [5.41, 5.74) is 1.24. The molecule has 0 atom stereocenters. The molecule has 9 heteroatoms. The van der Waals surface area contributed by atoms with Crippen LogP contribution in [0.4, 0.5) is 10.5 Å². The maximum Gasteiger partial charge on any atom is 0.336 e. The third-order valence-electron chi connectivity index (χ3n) is 5.11. The Kier molecular flexibility index (Phi) is 7.27. The van der Waals surface area contributed by atoms with E-state index < -0.39 is 23.8 Å². The smallest absolute Gasteiger partial charge is 0.336 e. The van der Waals surface area contributed by atoms with Gasteiger partial charge in [-0.1, -0.05) is 48.0 Å². The molecule has 0 aromatic heterocycles. The lowest BCUT2D eigenvalue weighted by Crippen LogP contribution is -2.54. The van der Waals surface area contributed by atoms with Crippen molar-refractivity contribution in [3.63, 3.8) is 0 Å². The molecule has 1 N–H and O–H groups in total. The number of nitrogens with zero attached hydrogens (tertiary/aromatic N) is 1. The summed E-state index contributed by atoms with van der Waals surface area (Å²) in [6.45, 7) is 0. The van der Waals surface area contributed by atoms with Gasteiger partial charge in [-0.15, -0.1) is 0 Å². The Morgan fingerprint density at radius 3 is 2.33 bits per heavy atom. The number of hydrogen-bond acceptors (Lipinski definition) is 6. The highest BCUT2D eigenvalue weighted by atomic mass is 35.5. The molecule has 1 fully saturated rings. The van der Waals surface area contributed by atoms with Crippen molar-refractivity contribution in [2.45, 2.75) is 0 Å². The summed E-state index contributed by atoms with van der Waals surface area (Å²) >= 11 is 5.88. The Labute approximate surface area is 211 Å². The zero-order valence-electron chi connectivity index (χ0n) is 18.9. The number of nitrogens with one attached hydrogen (secondary N) is 1. The van der Waals surface area contributed by atoms with Crippen molar-refractivity contribution in [1.29, 1.82) is 0 Å². The van der Waals surface area contributed by atoms with Crippen LogP contribution in [0.5, 0.6) is 11.5 Å². The van der Waals surface area contributed by atoms with Crippen LogP contribution in [0, 0.1) is 0 Å². The van der Waals surface area contributed by atoms with Gasteiger partial charge < -0.3 is 9.47 Å². The largest absolute Gasteiger partial charge is 0.493 e. The fourth-order valence-corrected chi connectivity index (χ4v) is 3.50. The first kappa shape index (κ1) is 24.4. The standard InChI is InChI=1S/C27H19ClN2O6/c1-35-23-16-18(7-13-22(23)36-24(31)14-8-17-5-3-2-4-6-17)15-21-25(32)29-27(34)30(26(21)33)20-11-9-19(28)10-12-20/h2-16H,1H3,(H,29,32,34)/b14-8+,21-15+. The molecule has 1 aliphatic heterocycles. The number of barbiturate groups is 1. The summed E-state index contributed by atoms with van der Waals surface area (Å²) in [5, 5.41) is 2.58. The van der Waals surface area contributed by atoms with Crippen LogP contribution in [-0.4, -0.2) is 30.9 Å². The molecule has 1 saturated heterocycles. The second kappa shape index (κ2) is 10.7. The number of rotatable bonds is 6. The van der Waals surface area contributed by atoms with Crippen molar-refractivity contribution < 1.29 is 28.7 Å². The quantitative estimate of drug-likeness (QED) is 0.228. The Bertz CT molecular complexity index is 1400. The SMILES string of the molecule is COc1cc(/C=C2\C(=O)NC(=O)N(c3ccc(Cl)cc3)C2=O)ccc1OC(=O)/C=C/c1ccccc1. The first-order chi connectivity index (χ1) is 17.4. The van der Waals surface area contributed by atoms with E-state index in [1.807, 2.05) is 30.3 Å². The molecule has 0 aliphatic carbocycles. The molecule has 36 heavy (non-hydrogen) atoms. The van der Waals surface area contributed by atoms with Crippen molar-refractivity contribution in [2.24, 2.45) is 0 Å². The number of urea groups is 1. The lowest BCUT2D eigenvalue weighted by molar-refractivity contribution is -0.129. The van der Waals surface area contributed by atoms with Gasteiger partial charge in [0.15, 0.2) is 11.5 Å². The molecule has 4 rings (SSSR count). The number of carbonyl (C=O) groups is 4. The van der Waals surface area contributed by atoms with Crippen LogP contribution in [0.3, 0.4) is 0 Å².